The third kappa shape index (κ3) is 1.58. The minimum Gasteiger partial charge on any atom is -0.291 e. The maximum absolute atomic E-state index is 9.94. The van der Waals surface area contributed by atoms with Gasteiger partial charge in [0.25, 0.3) is 0 Å². The molecular formula is C8H6ClO. The zero-order valence-electron chi connectivity index (χ0n) is 5.30. The highest BCUT2D eigenvalue weighted by atomic mass is 35.5. The van der Waals surface area contributed by atoms with Gasteiger partial charge in [-0.05, 0) is 11.6 Å². The lowest BCUT2D eigenvalue weighted by atomic mass is 10.2. The molecule has 10 heavy (non-hydrogen) atoms. The molecule has 1 nitrogen and oxygen atoms in total. The SMILES string of the molecule is O=[C]Cc1ccccc1Cl. The summed E-state index contributed by atoms with van der Waals surface area (Å²) in [6.07, 6.45) is 2.07. The van der Waals surface area contributed by atoms with Crippen LogP contribution in [-0.4, -0.2) is 6.29 Å². The largest absolute Gasteiger partial charge is 0.291 e. The number of hydrogen-bond donors (Lipinski definition) is 0. The summed E-state index contributed by atoms with van der Waals surface area (Å²) in [5, 5.41) is 0.630. The van der Waals surface area contributed by atoms with E-state index in [1.54, 1.807) is 12.4 Å². The Morgan fingerprint density at radius 1 is 1.40 bits per heavy atom. The molecule has 1 radical (unpaired) electrons. The second kappa shape index (κ2) is 3.37. The van der Waals surface area contributed by atoms with Gasteiger partial charge in [0.2, 0.25) is 6.29 Å². The van der Waals surface area contributed by atoms with Crippen molar-refractivity contribution in [3.05, 3.63) is 34.9 Å². The normalized spacial score (nSPS) is 9.30. The van der Waals surface area contributed by atoms with Crippen molar-refractivity contribution in [1.29, 1.82) is 0 Å². The lowest BCUT2D eigenvalue weighted by Crippen LogP contribution is -1.85. The number of hydrogen-bond acceptors (Lipinski definition) is 1. The first kappa shape index (κ1) is 7.29. The van der Waals surface area contributed by atoms with Crippen molar-refractivity contribution in [1.82, 2.24) is 0 Å². The van der Waals surface area contributed by atoms with Crippen molar-refractivity contribution < 1.29 is 4.79 Å². The fourth-order valence-electron chi connectivity index (χ4n) is 0.720. The van der Waals surface area contributed by atoms with Crippen LogP contribution in [0.25, 0.3) is 0 Å². The molecule has 0 spiro atoms. The van der Waals surface area contributed by atoms with Crippen molar-refractivity contribution in [2.75, 3.05) is 0 Å². The smallest absolute Gasteiger partial charge is 0.203 e. The molecule has 1 aromatic carbocycles. The summed E-state index contributed by atoms with van der Waals surface area (Å²) >= 11 is 5.72. The van der Waals surface area contributed by atoms with Crippen LogP contribution in [0.2, 0.25) is 5.02 Å². The van der Waals surface area contributed by atoms with E-state index in [0.717, 1.165) is 5.56 Å². The van der Waals surface area contributed by atoms with Crippen molar-refractivity contribution in [3.8, 4) is 0 Å². The molecule has 0 unspecified atom stereocenters. The second-order valence-electron chi connectivity index (χ2n) is 1.91. The van der Waals surface area contributed by atoms with Gasteiger partial charge in [-0.2, -0.15) is 0 Å². The van der Waals surface area contributed by atoms with Crippen LogP contribution in [0.15, 0.2) is 24.3 Å². The topological polar surface area (TPSA) is 17.1 Å². The Kier molecular flexibility index (Phi) is 2.46. The summed E-state index contributed by atoms with van der Waals surface area (Å²) in [5.41, 5.74) is 0.833. The standard InChI is InChI=1S/C8H6ClO/c9-8-4-2-1-3-7(8)5-6-10/h1-4H,5H2. The van der Waals surface area contributed by atoms with E-state index >= 15 is 0 Å². The molecule has 0 saturated carbocycles. The Bertz CT molecular complexity index is 232. The third-order valence-electron chi connectivity index (χ3n) is 1.22. The molecule has 0 aliphatic carbocycles. The Morgan fingerprint density at radius 3 is 2.70 bits per heavy atom. The van der Waals surface area contributed by atoms with E-state index in [0.29, 0.717) is 5.02 Å². The van der Waals surface area contributed by atoms with Crippen LogP contribution in [0.3, 0.4) is 0 Å². The molecule has 1 aromatic rings. The average Bonchev–Trinajstić information content (AvgIpc) is 1.94. The highest BCUT2D eigenvalue weighted by molar-refractivity contribution is 6.31. The third-order valence-corrected chi connectivity index (χ3v) is 1.59. The number of halogens is 1. The first-order valence-corrected chi connectivity index (χ1v) is 3.31. The zero-order valence-corrected chi connectivity index (χ0v) is 6.06. The van der Waals surface area contributed by atoms with Gasteiger partial charge in [-0.25, -0.2) is 0 Å². The summed E-state index contributed by atoms with van der Waals surface area (Å²) in [7, 11) is 0. The zero-order chi connectivity index (χ0) is 7.40. The molecule has 0 bridgehead atoms. The quantitative estimate of drug-likeness (QED) is 0.635. The molecule has 51 valence electrons. The molecule has 0 aliphatic rings. The van der Waals surface area contributed by atoms with Gasteiger partial charge in [0.1, 0.15) is 0 Å². The first-order valence-electron chi connectivity index (χ1n) is 2.93. The summed E-state index contributed by atoms with van der Waals surface area (Å²) in [6, 6.07) is 7.25. The fraction of sp³-hybridized carbons (Fsp3) is 0.125. The maximum Gasteiger partial charge on any atom is 0.203 e. The van der Waals surface area contributed by atoms with Gasteiger partial charge in [-0.15, -0.1) is 0 Å². The molecule has 0 heterocycles. The Hall–Kier alpha value is -0.820. The van der Waals surface area contributed by atoms with Gasteiger partial charge >= 0.3 is 0 Å². The van der Waals surface area contributed by atoms with Crippen LogP contribution in [-0.2, 0) is 11.2 Å². The van der Waals surface area contributed by atoms with Crippen molar-refractivity contribution in [2.45, 2.75) is 6.42 Å². The van der Waals surface area contributed by atoms with Crippen molar-refractivity contribution in [3.63, 3.8) is 0 Å². The Labute approximate surface area is 64.6 Å². The number of carbonyl (C=O) groups excluding carboxylic acids is 1. The molecule has 0 atom stereocenters. The lowest BCUT2D eigenvalue weighted by Gasteiger charge is -1.95. The van der Waals surface area contributed by atoms with Crippen LogP contribution in [0.5, 0.6) is 0 Å². The lowest BCUT2D eigenvalue weighted by molar-refractivity contribution is 0.555. The summed E-state index contributed by atoms with van der Waals surface area (Å²) in [5.74, 6) is 0. The van der Waals surface area contributed by atoms with E-state index in [2.05, 4.69) is 0 Å². The summed E-state index contributed by atoms with van der Waals surface area (Å²) in [4.78, 5) is 9.94. The summed E-state index contributed by atoms with van der Waals surface area (Å²) < 4.78 is 0. The monoisotopic (exact) mass is 153 g/mol. The molecule has 0 N–H and O–H groups in total. The van der Waals surface area contributed by atoms with Gasteiger partial charge in [0.05, 0.1) is 0 Å². The predicted octanol–water partition coefficient (Wildman–Crippen LogP) is 1.99. The molecule has 0 amide bonds. The Balaban J connectivity index is 2.91. The van der Waals surface area contributed by atoms with Crippen molar-refractivity contribution >= 4 is 17.9 Å². The molecule has 0 aliphatic heterocycles. The van der Waals surface area contributed by atoms with Crippen molar-refractivity contribution in [2.24, 2.45) is 0 Å². The van der Waals surface area contributed by atoms with E-state index in [1.165, 1.54) is 0 Å². The van der Waals surface area contributed by atoms with E-state index in [9.17, 15) is 4.79 Å². The summed E-state index contributed by atoms with van der Waals surface area (Å²) in [6.45, 7) is 0. The number of benzene rings is 1. The van der Waals surface area contributed by atoms with E-state index in [1.807, 2.05) is 18.2 Å². The van der Waals surface area contributed by atoms with Gasteiger partial charge in [-0.1, -0.05) is 29.8 Å². The van der Waals surface area contributed by atoms with Crippen LogP contribution in [0.1, 0.15) is 5.56 Å². The van der Waals surface area contributed by atoms with Gasteiger partial charge in [0.15, 0.2) is 0 Å². The molecule has 2 heteroatoms. The van der Waals surface area contributed by atoms with Gasteiger partial charge in [0, 0.05) is 11.4 Å². The fourth-order valence-corrected chi connectivity index (χ4v) is 0.922. The van der Waals surface area contributed by atoms with Crippen LogP contribution >= 0.6 is 11.6 Å². The highest BCUT2D eigenvalue weighted by Crippen LogP contribution is 2.13. The average molecular weight is 154 g/mol. The van der Waals surface area contributed by atoms with E-state index in [-0.39, 0.29) is 6.42 Å². The predicted molar refractivity (Wildman–Crippen MR) is 40.8 cm³/mol. The van der Waals surface area contributed by atoms with Crippen LogP contribution in [0.4, 0.5) is 0 Å². The van der Waals surface area contributed by atoms with Crippen LogP contribution in [0, 0.1) is 0 Å². The highest BCUT2D eigenvalue weighted by Gasteiger charge is 1.95. The first-order chi connectivity index (χ1) is 4.84. The van der Waals surface area contributed by atoms with Gasteiger partial charge in [-0.3, -0.25) is 4.79 Å². The Morgan fingerprint density at radius 2 is 2.10 bits per heavy atom. The minimum absolute atomic E-state index is 0.277. The minimum atomic E-state index is 0.277. The van der Waals surface area contributed by atoms with E-state index < -0.39 is 0 Å². The molecule has 1 rings (SSSR count). The van der Waals surface area contributed by atoms with Crippen LogP contribution < -0.4 is 0 Å². The molecule has 0 aromatic heterocycles. The number of rotatable bonds is 2. The maximum atomic E-state index is 9.94. The molecular weight excluding hydrogens is 148 g/mol. The second-order valence-corrected chi connectivity index (χ2v) is 2.32. The van der Waals surface area contributed by atoms with E-state index in [4.69, 9.17) is 11.6 Å². The molecule has 0 saturated heterocycles. The molecule has 0 fully saturated rings. The van der Waals surface area contributed by atoms with Gasteiger partial charge < -0.3 is 0 Å².